The predicted octanol–water partition coefficient (Wildman–Crippen LogP) is 4.59. The third-order valence-corrected chi connectivity index (χ3v) is 8.23. The standard InChI is InChI=1S/C40H44N2O9/c1-28(43)41-35-37(49-25-31-19-11-5-12-20-31)36(48-24-30-17-9-4-10-18-30)34(27-47-23-29-15-7-3-8-16-29)51-40(35)50-26-33(39(45)46-2)42-38(44)32-21-13-6-14-22-32/h3-22,33-37,40H,23-27H2,1-2H3,(H,41,43)(H,42,44)/t33-,34+,35+,36-,37+,40+/m0/s1. The summed E-state index contributed by atoms with van der Waals surface area (Å²) in [5.74, 6) is -1.55. The summed E-state index contributed by atoms with van der Waals surface area (Å²) in [6, 6.07) is 35.5. The topological polar surface area (TPSA) is 131 Å². The van der Waals surface area contributed by atoms with E-state index >= 15 is 0 Å². The van der Waals surface area contributed by atoms with Gasteiger partial charge in [0.2, 0.25) is 5.91 Å². The van der Waals surface area contributed by atoms with Crippen LogP contribution in [0.4, 0.5) is 0 Å². The van der Waals surface area contributed by atoms with Crippen molar-refractivity contribution in [3.05, 3.63) is 144 Å². The largest absolute Gasteiger partial charge is 0.467 e. The zero-order valence-corrected chi connectivity index (χ0v) is 28.7. The van der Waals surface area contributed by atoms with Gasteiger partial charge >= 0.3 is 5.97 Å². The number of methoxy groups -OCH3 is 1. The van der Waals surface area contributed by atoms with E-state index in [9.17, 15) is 14.4 Å². The Hall–Kier alpha value is -4.91. The Labute approximate surface area is 298 Å². The van der Waals surface area contributed by atoms with Crippen molar-refractivity contribution in [3.8, 4) is 0 Å². The normalized spacial score (nSPS) is 20.5. The van der Waals surface area contributed by atoms with E-state index in [1.165, 1.54) is 14.0 Å². The van der Waals surface area contributed by atoms with Crippen molar-refractivity contribution in [2.24, 2.45) is 0 Å². The minimum Gasteiger partial charge on any atom is -0.467 e. The lowest BCUT2D eigenvalue weighted by Gasteiger charge is -2.46. The Morgan fingerprint density at radius 2 is 1.20 bits per heavy atom. The maximum Gasteiger partial charge on any atom is 0.330 e. The molecule has 1 aliphatic heterocycles. The highest BCUT2D eigenvalue weighted by Gasteiger charge is 2.49. The molecule has 6 atom stereocenters. The lowest BCUT2D eigenvalue weighted by molar-refractivity contribution is -0.291. The van der Waals surface area contributed by atoms with Crippen LogP contribution in [-0.2, 0) is 57.8 Å². The van der Waals surface area contributed by atoms with E-state index in [4.69, 9.17) is 28.4 Å². The Morgan fingerprint density at radius 3 is 1.73 bits per heavy atom. The van der Waals surface area contributed by atoms with Gasteiger partial charge in [0.15, 0.2) is 12.3 Å². The second-order valence-corrected chi connectivity index (χ2v) is 12.0. The highest BCUT2D eigenvalue weighted by atomic mass is 16.7. The molecule has 0 radical (unpaired) electrons. The molecule has 0 bridgehead atoms. The van der Waals surface area contributed by atoms with E-state index in [1.54, 1.807) is 30.3 Å². The monoisotopic (exact) mass is 696 g/mol. The molecule has 0 spiro atoms. The number of hydrogen-bond donors (Lipinski definition) is 2. The number of amides is 2. The van der Waals surface area contributed by atoms with Gasteiger partial charge in [-0.15, -0.1) is 0 Å². The molecule has 0 unspecified atom stereocenters. The fraction of sp³-hybridized carbons (Fsp3) is 0.325. The van der Waals surface area contributed by atoms with Crippen LogP contribution in [0.2, 0.25) is 0 Å². The average molecular weight is 697 g/mol. The van der Waals surface area contributed by atoms with Crippen LogP contribution >= 0.6 is 0 Å². The summed E-state index contributed by atoms with van der Waals surface area (Å²) in [4.78, 5) is 38.6. The molecule has 1 saturated heterocycles. The summed E-state index contributed by atoms with van der Waals surface area (Å²) in [6.45, 7) is 1.91. The first-order valence-electron chi connectivity index (χ1n) is 16.8. The van der Waals surface area contributed by atoms with Gasteiger partial charge < -0.3 is 39.1 Å². The molecule has 11 heteroatoms. The highest BCUT2D eigenvalue weighted by Crippen LogP contribution is 2.29. The molecule has 0 aliphatic carbocycles. The first-order valence-corrected chi connectivity index (χ1v) is 16.8. The second kappa shape index (κ2) is 19.5. The van der Waals surface area contributed by atoms with Crippen molar-refractivity contribution in [3.63, 3.8) is 0 Å². The van der Waals surface area contributed by atoms with Gasteiger partial charge in [0.25, 0.3) is 5.91 Å². The smallest absolute Gasteiger partial charge is 0.330 e. The Balaban J connectivity index is 1.42. The predicted molar refractivity (Wildman–Crippen MR) is 188 cm³/mol. The molecule has 2 N–H and O–H groups in total. The second-order valence-electron chi connectivity index (χ2n) is 12.0. The number of esters is 1. The first kappa shape index (κ1) is 37.3. The first-order chi connectivity index (χ1) is 24.9. The lowest BCUT2D eigenvalue weighted by atomic mass is 9.95. The number of carbonyl (C=O) groups is 3. The van der Waals surface area contributed by atoms with Crippen LogP contribution in [0, 0.1) is 0 Å². The van der Waals surface area contributed by atoms with Crippen LogP contribution in [0.3, 0.4) is 0 Å². The van der Waals surface area contributed by atoms with Crippen LogP contribution in [0.5, 0.6) is 0 Å². The van der Waals surface area contributed by atoms with Crippen molar-refractivity contribution >= 4 is 17.8 Å². The van der Waals surface area contributed by atoms with E-state index in [-0.39, 0.29) is 32.3 Å². The molecular weight excluding hydrogens is 652 g/mol. The number of rotatable bonds is 17. The summed E-state index contributed by atoms with van der Waals surface area (Å²) in [7, 11) is 1.23. The molecule has 0 aromatic heterocycles. The zero-order valence-electron chi connectivity index (χ0n) is 28.7. The quantitative estimate of drug-likeness (QED) is 0.152. The van der Waals surface area contributed by atoms with E-state index in [1.807, 2.05) is 91.0 Å². The van der Waals surface area contributed by atoms with Crippen molar-refractivity contribution in [2.75, 3.05) is 20.3 Å². The number of ether oxygens (including phenoxy) is 6. The van der Waals surface area contributed by atoms with Crippen molar-refractivity contribution in [1.82, 2.24) is 10.6 Å². The molecule has 1 fully saturated rings. The van der Waals surface area contributed by atoms with Crippen molar-refractivity contribution in [1.29, 1.82) is 0 Å². The average Bonchev–Trinajstić information content (AvgIpc) is 3.17. The Kier molecular flexibility index (Phi) is 14.3. The van der Waals surface area contributed by atoms with E-state index in [0.717, 1.165) is 16.7 Å². The van der Waals surface area contributed by atoms with Gasteiger partial charge in [-0.2, -0.15) is 0 Å². The number of nitrogens with one attached hydrogen (secondary N) is 2. The maximum atomic E-state index is 13.0. The third kappa shape index (κ3) is 11.3. The molecule has 1 heterocycles. The molecule has 5 rings (SSSR count). The number of carbonyl (C=O) groups excluding carboxylic acids is 3. The summed E-state index contributed by atoms with van der Waals surface area (Å²) in [5, 5.41) is 5.63. The molecule has 268 valence electrons. The minimum absolute atomic E-state index is 0.0946. The van der Waals surface area contributed by atoms with Gasteiger partial charge in [-0.3, -0.25) is 9.59 Å². The summed E-state index contributed by atoms with van der Waals surface area (Å²) >= 11 is 0. The Morgan fingerprint density at radius 1 is 0.686 bits per heavy atom. The summed E-state index contributed by atoms with van der Waals surface area (Å²) in [6.07, 6.45) is -3.39. The molecular formula is C40H44N2O9. The fourth-order valence-corrected chi connectivity index (χ4v) is 5.70. The van der Waals surface area contributed by atoms with Gasteiger partial charge in [-0.25, -0.2) is 4.79 Å². The molecule has 1 aliphatic rings. The molecule has 4 aromatic carbocycles. The van der Waals surface area contributed by atoms with Gasteiger partial charge in [-0.1, -0.05) is 109 Å². The molecule has 4 aromatic rings. The lowest BCUT2D eigenvalue weighted by Crippen LogP contribution is -2.66. The van der Waals surface area contributed by atoms with Crippen LogP contribution in [-0.4, -0.2) is 74.8 Å². The van der Waals surface area contributed by atoms with Crippen LogP contribution in [0.1, 0.15) is 34.0 Å². The molecule has 51 heavy (non-hydrogen) atoms. The van der Waals surface area contributed by atoms with E-state index in [2.05, 4.69) is 10.6 Å². The van der Waals surface area contributed by atoms with Gasteiger partial charge in [0.05, 0.1) is 40.1 Å². The highest BCUT2D eigenvalue weighted by molar-refractivity contribution is 5.96. The van der Waals surface area contributed by atoms with Crippen LogP contribution in [0.15, 0.2) is 121 Å². The SMILES string of the molecule is COC(=O)[C@H](CO[C@@H]1O[C@H](COCc2ccccc2)[C@H](OCc2ccccc2)[C@H](OCc2ccccc2)[C@H]1NC(C)=O)NC(=O)c1ccccc1. The molecule has 0 saturated carbocycles. The number of hydrogen-bond acceptors (Lipinski definition) is 9. The van der Waals surface area contributed by atoms with Crippen LogP contribution in [0.25, 0.3) is 0 Å². The Bertz CT molecular complexity index is 1640. The van der Waals surface area contributed by atoms with Crippen molar-refractivity contribution in [2.45, 2.75) is 63.4 Å². The van der Waals surface area contributed by atoms with Crippen LogP contribution < -0.4 is 10.6 Å². The third-order valence-electron chi connectivity index (χ3n) is 8.23. The zero-order chi connectivity index (χ0) is 35.8. The fourth-order valence-electron chi connectivity index (χ4n) is 5.70. The maximum absolute atomic E-state index is 13.0. The van der Waals surface area contributed by atoms with Gasteiger partial charge in [0.1, 0.15) is 24.4 Å². The number of benzene rings is 4. The van der Waals surface area contributed by atoms with Gasteiger partial charge in [-0.05, 0) is 28.8 Å². The summed E-state index contributed by atoms with van der Waals surface area (Å²) < 4.78 is 37.1. The van der Waals surface area contributed by atoms with Crippen molar-refractivity contribution < 1.29 is 42.8 Å². The summed E-state index contributed by atoms with van der Waals surface area (Å²) in [5.41, 5.74) is 3.19. The van der Waals surface area contributed by atoms with Gasteiger partial charge in [0, 0.05) is 12.5 Å². The molecule has 2 amide bonds. The van der Waals surface area contributed by atoms with E-state index in [0.29, 0.717) is 12.2 Å². The molecule has 11 nitrogen and oxygen atoms in total. The van der Waals surface area contributed by atoms with E-state index < -0.39 is 48.6 Å². The minimum atomic E-state index is -1.19.